The van der Waals surface area contributed by atoms with E-state index < -0.39 is 5.60 Å². The Kier molecular flexibility index (Phi) is 4.46. The molecule has 0 fully saturated rings. The Balaban J connectivity index is 2.53. The Hall–Kier alpha value is -0.910. The summed E-state index contributed by atoms with van der Waals surface area (Å²) in [4.78, 5) is 13.4. The van der Waals surface area contributed by atoms with Gasteiger partial charge in [-0.15, -0.1) is 11.3 Å². The molecule has 0 saturated carbocycles. The molecule has 4 nitrogen and oxygen atoms in total. The molecular weight excluding hydrogens is 226 g/mol. The molecule has 1 atom stereocenters. The summed E-state index contributed by atoms with van der Waals surface area (Å²) in [6, 6.07) is 3.69. The molecule has 0 aliphatic heterocycles. The molecular formula is C11H17NO3S. The molecule has 1 aromatic rings. The third-order valence-electron chi connectivity index (χ3n) is 2.20. The summed E-state index contributed by atoms with van der Waals surface area (Å²) in [6.07, 6.45) is 0.909. The minimum absolute atomic E-state index is 0.0433. The van der Waals surface area contributed by atoms with Crippen molar-refractivity contribution >= 4 is 17.2 Å². The van der Waals surface area contributed by atoms with Gasteiger partial charge < -0.3 is 15.5 Å². The highest BCUT2D eigenvalue weighted by molar-refractivity contribution is 7.14. The van der Waals surface area contributed by atoms with Crippen molar-refractivity contribution in [1.29, 1.82) is 0 Å². The van der Waals surface area contributed by atoms with Gasteiger partial charge in [-0.2, -0.15) is 0 Å². The third-order valence-corrected chi connectivity index (χ3v) is 3.43. The number of thiophene rings is 1. The van der Waals surface area contributed by atoms with Gasteiger partial charge in [-0.1, -0.05) is 6.92 Å². The summed E-state index contributed by atoms with van der Waals surface area (Å²) in [6.45, 7) is 3.17. The average molecular weight is 243 g/mol. The van der Waals surface area contributed by atoms with Gasteiger partial charge in [0.05, 0.1) is 11.5 Å². The van der Waals surface area contributed by atoms with Gasteiger partial charge in [0.15, 0.2) is 0 Å². The van der Waals surface area contributed by atoms with Crippen molar-refractivity contribution in [2.24, 2.45) is 0 Å². The first-order chi connectivity index (χ1) is 7.48. The lowest BCUT2D eigenvalue weighted by atomic mass is 10.1. The van der Waals surface area contributed by atoms with Crippen molar-refractivity contribution < 1.29 is 15.0 Å². The van der Waals surface area contributed by atoms with E-state index in [1.54, 1.807) is 6.07 Å². The lowest BCUT2D eigenvalue weighted by Gasteiger charge is -2.20. The van der Waals surface area contributed by atoms with Crippen molar-refractivity contribution in [2.45, 2.75) is 25.9 Å². The molecule has 1 unspecified atom stereocenters. The molecule has 16 heavy (non-hydrogen) atoms. The topological polar surface area (TPSA) is 69.6 Å². The zero-order valence-corrected chi connectivity index (χ0v) is 10.3. The number of hydrogen-bond acceptors (Lipinski definition) is 4. The summed E-state index contributed by atoms with van der Waals surface area (Å²) in [7, 11) is 0. The van der Waals surface area contributed by atoms with Gasteiger partial charge in [-0.3, -0.25) is 4.79 Å². The third kappa shape index (κ3) is 3.59. The SMILES string of the molecule is CCc1ccc(C(=O)NCC(C)(O)CO)s1. The van der Waals surface area contributed by atoms with E-state index in [-0.39, 0.29) is 19.1 Å². The Morgan fingerprint density at radius 2 is 2.25 bits per heavy atom. The van der Waals surface area contributed by atoms with Crippen molar-refractivity contribution in [2.75, 3.05) is 13.2 Å². The molecule has 0 saturated heterocycles. The summed E-state index contributed by atoms with van der Waals surface area (Å²) in [5.74, 6) is -0.210. The molecule has 1 aromatic heterocycles. The molecule has 3 N–H and O–H groups in total. The number of rotatable bonds is 5. The van der Waals surface area contributed by atoms with Crippen LogP contribution in [0.15, 0.2) is 12.1 Å². The smallest absolute Gasteiger partial charge is 0.261 e. The second-order valence-electron chi connectivity index (χ2n) is 3.96. The van der Waals surface area contributed by atoms with Crippen molar-refractivity contribution in [3.63, 3.8) is 0 Å². The summed E-state index contributed by atoms with van der Waals surface area (Å²) >= 11 is 1.44. The Morgan fingerprint density at radius 1 is 1.56 bits per heavy atom. The Bertz CT molecular complexity index is 360. The molecule has 1 amide bonds. The van der Waals surface area contributed by atoms with E-state index in [2.05, 4.69) is 5.32 Å². The first-order valence-electron chi connectivity index (χ1n) is 5.18. The van der Waals surface area contributed by atoms with Crippen LogP contribution < -0.4 is 5.32 Å². The largest absolute Gasteiger partial charge is 0.393 e. The fraction of sp³-hybridized carbons (Fsp3) is 0.545. The highest BCUT2D eigenvalue weighted by atomic mass is 32.1. The minimum atomic E-state index is -1.26. The zero-order valence-electron chi connectivity index (χ0n) is 9.49. The predicted molar refractivity (Wildman–Crippen MR) is 63.7 cm³/mol. The van der Waals surface area contributed by atoms with Gasteiger partial charge in [0.1, 0.15) is 5.60 Å². The average Bonchev–Trinajstić information content (AvgIpc) is 2.74. The van der Waals surface area contributed by atoms with Gasteiger partial charge in [0.2, 0.25) is 0 Å². The molecule has 90 valence electrons. The highest BCUT2D eigenvalue weighted by Crippen LogP contribution is 2.16. The fourth-order valence-electron chi connectivity index (χ4n) is 1.10. The Labute approximate surface area is 98.9 Å². The molecule has 1 rings (SSSR count). The standard InChI is InChI=1S/C11H17NO3S/c1-3-8-4-5-9(16-8)10(14)12-6-11(2,15)7-13/h4-5,13,15H,3,6-7H2,1-2H3,(H,12,14). The first kappa shape index (κ1) is 13.2. The van der Waals surface area contributed by atoms with E-state index in [9.17, 15) is 9.90 Å². The van der Waals surface area contributed by atoms with E-state index in [4.69, 9.17) is 5.11 Å². The van der Waals surface area contributed by atoms with E-state index >= 15 is 0 Å². The lowest BCUT2D eigenvalue weighted by Crippen LogP contribution is -2.43. The number of carbonyl (C=O) groups excluding carboxylic acids is 1. The van der Waals surface area contributed by atoms with Crippen LogP contribution in [0, 0.1) is 0 Å². The molecule has 0 radical (unpaired) electrons. The van der Waals surface area contributed by atoms with Crippen LogP contribution in [-0.4, -0.2) is 34.9 Å². The number of amides is 1. The first-order valence-corrected chi connectivity index (χ1v) is 6.00. The van der Waals surface area contributed by atoms with Gasteiger partial charge in [-0.05, 0) is 25.5 Å². The van der Waals surface area contributed by atoms with E-state index in [1.807, 2.05) is 13.0 Å². The van der Waals surface area contributed by atoms with Gasteiger partial charge in [0.25, 0.3) is 5.91 Å². The van der Waals surface area contributed by atoms with Crippen LogP contribution in [0.4, 0.5) is 0 Å². The van der Waals surface area contributed by atoms with Gasteiger partial charge in [0, 0.05) is 11.4 Å². The second-order valence-corrected chi connectivity index (χ2v) is 5.13. The monoisotopic (exact) mass is 243 g/mol. The zero-order chi connectivity index (χ0) is 12.2. The minimum Gasteiger partial charge on any atom is -0.393 e. The lowest BCUT2D eigenvalue weighted by molar-refractivity contribution is 0.00323. The van der Waals surface area contributed by atoms with Crippen LogP contribution >= 0.6 is 11.3 Å². The summed E-state index contributed by atoms with van der Waals surface area (Å²) in [5, 5.41) is 20.9. The van der Waals surface area contributed by atoms with Crippen LogP contribution in [0.5, 0.6) is 0 Å². The number of aliphatic hydroxyl groups is 2. The predicted octanol–water partition coefficient (Wildman–Crippen LogP) is 0.784. The van der Waals surface area contributed by atoms with Crippen molar-refractivity contribution in [3.05, 3.63) is 21.9 Å². The number of aryl methyl sites for hydroxylation is 1. The maximum atomic E-state index is 11.6. The van der Waals surface area contributed by atoms with E-state index in [0.717, 1.165) is 11.3 Å². The molecule has 0 aliphatic carbocycles. The Morgan fingerprint density at radius 3 is 2.75 bits per heavy atom. The molecule has 1 heterocycles. The number of aliphatic hydroxyl groups excluding tert-OH is 1. The van der Waals surface area contributed by atoms with E-state index in [1.165, 1.54) is 18.3 Å². The summed E-state index contributed by atoms with van der Waals surface area (Å²) < 4.78 is 0. The van der Waals surface area contributed by atoms with Crippen molar-refractivity contribution in [3.8, 4) is 0 Å². The number of carbonyl (C=O) groups is 1. The molecule has 0 bridgehead atoms. The van der Waals surface area contributed by atoms with Crippen LogP contribution in [0.2, 0.25) is 0 Å². The molecule has 0 aromatic carbocycles. The maximum absolute atomic E-state index is 11.6. The van der Waals surface area contributed by atoms with Crippen molar-refractivity contribution in [1.82, 2.24) is 5.32 Å². The van der Waals surface area contributed by atoms with Gasteiger partial charge in [-0.25, -0.2) is 0 Å². The highest BCUT2D eigenvalue weighted by Gasteiger charge is 2.20. The van der Waals surface area contributed by atoms with E-state index in [0.29, 0.717) is 4.88 Å². The molecule has 0 aliphatic rings. The van der Waals surface area contributed by atoms with Crippen LogP contribution in [0.3, 0.4) is 0 Å². The summed E-state index contributed by atoms with van der Waals surface area (Å²) in [5.41, 5.74) is -1.26. The van der Waals surface area contributed by atoms with Gasteiger partial charge >= 0.3 is 0 Å². The molecule has 5 heteroatoms. The number of hydrogen-bond donors (Lipinski definition) is 3. The fourth-order valence-corrected chi connectivity index (χ4v) is 1.97. The van der Waals surface area contributed by atoms with Crippen LogP contribution in [0.25, 0.3) is 0 Å². The normalized spacial score (nSPS) is 14.5. The molecule has 0 spiro atoms. The second kappa shape index (κ2) is 5.43. The number of nitrogens with one attached hydrogen (secondary N) is 1. The van der Waals surface area contributed by atoms with Crippen LogP contribution in [0.1, 0.15) is 28.4 Å². The maximum Gasteiger partial charge on any atom is 0.261 e. The van der Waals surface area contributed by atoms with Crippen LogP contribution in [-0.2, 0) is 6.42 Å². The quantitative estimate of drug-likeness (QED) is 0.716.